The van der Waals surface area contributed by atoms with Gasteiger partial charge < -0.3 is 15.2 Å². The number of hydrogen-bond donors (Lipinski definition) is 2. The van der Waals surface area contributed by atoms with E-state index in [2.05, 4.69) is 33.0 Å². The predicted octanol–water partition coefficient (Wildman–Crippen LogP) is 1.41. The zero-order valence-corrected chi connectivity index (χ0v) is 10.1. The molecule has 3 nitrogen and oxygen atoms in total. The van der Waals surface area contributed by atoms with Crippen molar-refractivity contribution in [2.45, 2.75) is 46.2 Å². The topological polar surface area (TPSA) is 41.5 Å². The fourth-order valence-corrected chi connectivity index (χ4v) is 1.54. The molecular weight excluding hydrogens is 178 g/mol. The van der Waals surface area contributed by atoms with Gasteiger partial charge in [-0.05, 0) is 18.8 Å². The van der Waals surface area contributed by atoms with Crippen LogP contribution in [0, 0.1) is 5.41 Å². The highest BCUT2D eigenvalue weighted by Crippen LogP contribution is 2.21. The number of aliphatic hydroxyl groups is 1. The lowest BCUT2D eigenvalue weighted by Gasteiger charge is -2.33. The van der Waals surface area contributed by atoms with Crippen LogP contribution in [0.5, 0.6) is 0 Å². The molecule has 0 fully saturated rings. The first-order valence-corrected chi connectivity index (χ1v) is 5.27. The smallest absolute Gasteiger partial charge is 0.0613 e. The van der Waals surface area contributed by atoms with E-state index in [4.69, 9.17) is 9.84 Å². The maximum absolute atomic E-state index is 8.97. The number of ether oxygens (including phenoxy) is 1. The summed E-state index contributed by atoms with van der Waals surface area (Å²) in [6.45, 7) is 9.58. The molecule has 0 aromatic heterocycles. The molecule has 0 aliphatic heterocycles. The van der Waals surface area contributed by atoms with Gasteiger partial charge in [-0.3, -0.25) is 0 Å². The van der Waals surface area contributed by atoms with Crippen LogP contribution in [0.3, 0.4) is 0 Å². The van der Waals surface area contributed by atoms with Crippen LogP contribution in [-0.2, 0) is 4.74 Å². The van der Waals surface area contributed by atoms with E-state index in [9.17, 15) is 0 Å². The Kier molecular flexibility index (Phi) is 6.33. The average molecular weight is 203 g/mol. The molecule has 0 radical (unpaired) electrons. The molecule has 0 aromatic carbocycles. The van der Waals surface area contributed by atoms with Crippen LogP contribution in [0.25, 0.3) is 0 Å². The van der Waals surface area contributed by atoms with Gasteiger partial charge >= 0.3 is 0 Å². The molecule has 2 atom stereocenters. The first-order chi connectivity index (χ1) is 6.41. The molecule has 0 saturated carbocycles. The lowest BCUT2D eigenvalue weighted by atomic mass is 9.84. The molecule has 0 aromatic rings. The Hall–Kier alpha value is -0.120. The van der Waals surface area contributed by atoms with Gasteiger partial charge in [0.15, 0.2) is 0 Å². The third-order valence-corrected chi connectivity index (χ3v) is 2.37. The molecule has 0 spiro atoms. The van der Waals surface area contributed by atoms with E-state index in [1.54, 1.807) is 7.11 Å². The van der Waals surface area contributed by atoms with Crippen LogP contribution in [0.1, 0.15) is 34.1 Å². The van der Waals surface area contributed by atoms with Crippen LogP contribution in [0.15, 0.2) is 0 Å². The van der Waals surface area contributed by atoms with Gasteiger partial charge in [0.1, 0.15) is 0 Å². The molecule has 0 aliphatic carbocycles. The number of rotatable bonds is 6. The summed E-state index contributed by atoms with van der Waals surface area (Å²) in [6, 6.07) is 0.661. The minimum absolute atomic E-state index is 0.171. The van der Waals surface area contributed by atoms with Crippen molar-refractivity contribution in [2.24, 2.45) is 5.41 Å². The van der Waals surface area contributed by atoms with Crippen LogP contribution in [-0.4, -0.2) is 37.5 Å². The van der Waals surface area contributed by atoms with E-state index in [-0.39, 0.29) is 12.0 Å². The SMILES string of the molecule is COCC(C)NC(CCO)C(C)(C)C. The molecule has 0 heterocycles. The summed E-state index contributed by atoms with van der Waals surface area (Å²) in [5.74, 6) is 0. The Balaban J connectivity index is 4.09. The fourth-order valence-electron chi connectivity index (χ4n) is 1.54. The summed E-state index contributed by atoms with van der Waals surface area (Å²) < 4.78 is 5.07. The molecule has 86 valence electrons. The van der Waals surface area contributed by atoms with Gasteiger partial charge in [0.25, 0.3) is 0 Å². The van der Waals surface area contributed by atoms with E-state index in [0.29, 0.717) is 18.7 Å². The van der Waals surface area contributed by atoms with Gasteiger partial charge in [-0.25, -0.2) is 0 Å². The molecule has 14 heavy (non-hydrogen) atoms. The Labute approximate surface area is 87.8 Å². The van der Waals surface area contributed by atoms with Crippen LogP contribution in [0.4, 0.5) is 0 Å². The Morgan fingerprint density at radius 1 is 1.36 bits per heavy atom. The van der Waals surface area contributed by atoms with Gasteiger partial charge in [0.2, 0.25) is 0 Å². The predicted molar refractivity (Wildman–Crippen MR) is 59.4 cm³/mol. The van der Waals surface area contributed by atoms with Crippen LogP contribution >= 0.6 is 0 Å². The van der Waals surface area contributed by atoms with Crippen molar-refractivity contribution in [1.82, 2.24) is 5.32 Å². The van der Waals surface area contributed by atoms with Crippen molar-refractivity contribution in [3.63, 3.8) is 0 Å². The van der Waals surface area contributed by atoms with Crippen molar-refractivity contribution >= 4 is 0 Å². The largest absolute Gasteiger partial charge is 0.396 e. The third-order valence-electron chi connectivity index (χ3n) is 2.37. The van der Waals surface area contributed by atoms with Crippen molar-refractivity contribution < 1.29 is 9.84 Å². The van der Waals surface area contributed by atoms with Crippen molar-refractivity contribution in [3.8, 4) is 0 Å². The van der Waals surface area contributed by atoms with Crippen LogP contribution in [0.2, 0.25) is 0 Å². The van der Waals surface area contributed by atoms with Gasteiger partial charge in [-0.2, -0.15) is 0 Å². The second-order valence-electron chi connectivity index (χ2n) is 4.95. The lowest BCUT2D eigenvalue weighted by Crippen LogP contribution is -2.46. The van der Waals surface area contributed by atoms with E-state index < -0.39 is 0 Å². The Bertz CT molecular complexity index is 143. The molecule has 0 saturated heterocycles. The fraction of sp³-hybridized carbons (Fsp3) is 1.00. The quantitative estimate of drug-likeness (QED) is 0.686. The molecule has 0 bridgehead atoms. The van der Waals surface area contributed by atoms with E-state index in [1.807, 2.05) is 0 Å². The van der Waals surface area contributed by atoms with Gasteiger partial charge in [0, 0.05) is 25.8 Å². The zero-order valence-electron chi connectivity index (χ0n) is 10.1. The Morgan fingerprint density at radius 3 is 2.29 bits per heavy atom. The normalized spacial score (nSPS) is 16.7. The highest BCUT2D eigenvalue weighted by atomic mass is 16.5. The number of nitrogens with one attached hydrogen (secondary N) is 1. The van der Waals surface area contributed by atoms with Crippen molar-refractivity contribution in [1.29, 1.82) is 0 Å². The molecule has 2 N–H and O–H groups in total. The minimum atomic E-state index is 0.171. The average Bonchev–Trinajstić information content (AvgIpc) is 2.02. The number of methoxy groups -OCH3 is 1. The van der Waals surface area contributed by atoms with Gasteiger partial charge in [0.05, 0.1) is 6.61 Å². The standard InChI is InChI=1S/C11H25NO2/c1-9(8-14-5)12-10(6-7-13)11(2,3)4/h9-10,12-13H,6-8H2,1-5H3. The van der Waals surface area contributed by atoms with Crippen LogP contribution < -0.4 is 5.32 Å². The molecule has 2 unspecified atom stereocenters. The summed E-state index contributed by atoms with van der Waals surface area (Å²) in [4.78, 5) is 0. The summed E-state index contributed by atoms with van der Waals surface area (Å²) in [6.07, 6.45) is 0.789. The van der Waals surface area contributed by atoms with Crippen molar-refractivity contribution in [3.05, 3.63) is 0 Å². The summed E-state index contributed by atoms with van der Waals surface area (Å²) >= 11 is 0. The second-order valence-corrected chi connectivity index (χ2v) is 4.95. The maximum atomic E-state index is 8.97. The molecule has 3 heteroatoms. The zero-order chi connectivity index (χ0) is 11.2. The summed E-state index contributed by atoms with van der Waals surface area (Å²) in [5.41, 5.74) is 0.171. The monoisotopic (exact) mass is 203 g/mol. The van der Waals surface area contributed by atoms with Crippen molar-refractivity contribution in [2.75, 3.05) is 20.3 Å². The maximum Gasteiger partial charge on any atom is 0.0613 e. The second kappa shape index (κ2) is 6.38. The molecule has 0 amide bonds. The van der Waals surface area contributed by atoms with E-state index in [1.165, 1.54) is 0 Å². The molecular formula is C11H25NO2. The summed E-state index contributed by atoms with van der Waals surface area (Å²) in [5, 5.41) is 12.4. The van der Waals surface area contributed by atoms with Gasteiger partial charge in [-0.1, -0.05) is 20.8 Å². The summed E-state index contributed by atoms with van der Waals surface area (Å²) in [7, 11) is 1.70. The third kappa shape index (κ3) is 5.58. The molecule has 0 rings (SSSR count). The number of aliphatic hydroxyl groups excluding tert-OH is 1. The first kappa shape index (κ1) is 13.9. The Morgan fingerprint density at radius 2 is 1.93 bits per heavy atom. The first-order valence-electron chi connectivity index (χ1n) is 5.27. The molecule has 0 aliphatic rings. The highest BCUT2D eigenvalue weighted by molar-refractivity contribution is 4.82. The van der Waals surface area contributed by atoms with E-state index >= 15 is 0 Å². The number of hydrogen-bond acceptors (Lipinski definition) is 3. The highest BCUT2D eigenvalue weighted by Gasteiger charge is 2.24. The lowest BCUT2D eigenvalue weighted by molar-refractivity contribution is 0.137. The van der Waals surface area contributed by atoms with E-state index in [0.717, 1.165) is 6.42 Å². The van der Waals surface area contributed by atoms with Gasteiger partial charge in [-0.15, -0.1) is 0 Å². The minimum Gasteiger partial charge on any atom is -0.396 e.